The summed E-state index contributed by atoms with van der Waals surface area (Å²) in [7, 11) is 0. The van der Waals surface area contributed by atoms with Crippen LogP contribution >= 0.6 is 0 Å². The number of hydrogen-bond acceptors (Lipinski definition) is 3. The van der Waals surface area contributed by atoms with Gasteiger partial charge in [0.15, 0.2) is 0 Å². The van der Waals surface area contributed by atoms with Crippen LogP contribution in [0.2, 0.25) is 0 Å². The van der Waals surface area contributed by atoms with Gasteiger partial charge in [-0.15, -0.1) is 0 Å². The maximum atomic E-state index is 11.5. The van der Waals surface area contributed by atoms with E-state index in [1.54, 1.807) is 0 Å². The van der Waals surface area contributed by atoms with E-state index >= 15 is 0 Å². The minimum atomic E-state index is -0.0209. The molecule has 4 N–H and O–H groups in total. The third-order valence-corrected chi connectivity index (χ3v) is 2.79. The first kappa shape index (κ1) is 9.73. The second kappa shape index (κ2) is 4.61. The molecule has 0 saturated carbocycles. The Labute approximate surface area is 84.0 Å². The highest BCUT2D eigenvalue weighted by Gasteiger charge is 2.20. The molecule has 1 unspecified atom stereocenters. The summed E-state index contributed by atoms with van der Waals surface area (Å²) in [6.07, 6.45) is 2.08. The lowest BCUT2D eigenvalue weighted by molar-refractivity contribution is 0.234. The normalized spacial score (nSPS) is 31.7. The Hall–Kier alpha value is -0.810. The van der Waals surface area contributed by atoms with Crippen molar-refractivity contribution >= 4 is 6.03 Å². The number of rotatable bonds is 2. The predicted molar refractivity (Wildman–Crippen MR) is 54.2 cm³/mol. The molecule has 2 fully saturated rings. The molecule has 2 atom stereocenters. The summed E-state index contributed by atoms with van der Waals surface area (Å²) < 4.78 is 0. The fraction of sp³-hybridized carbons (Fsp3) is 0.889. The van der Waals surface area contributed by atoms with Crippen LogP contribution in [0.5, 0.6) is 0 Å². The molecule has 0 aromatic carbocycles. The molecule has 0 radical (unpaired) electrons. The quantitative estimate of drug-likeness (QED) is 0.460. The topological polar surface area (TPSA) is 65.2 Å². The first-order chi connectivity index (χ1) is 6.84. The molecular formula is C9H18N4O. The van der Waals surface area contributed by atoms with Crippen molar-refractivity contribution in [3.63, 3.8) is 0 Å². The van der Waals surface area contributed by atoms with Crippen molar-refractivity contribution in [2.45, 2.75) is 24.9 Å². The number of urea groups is 1. The summed E-state index contributed by atoms with van der Waals surface area (Å²) >= 11 is 0. The number of carbonyl (C=O) groups excluding carboxylic acids is 1. The third-order valence-electron chi connectivity index (χ3n) is 2.79. The van der Waals surface area contributed by atoms with Gasteiger partial charge in [0.25, 0.3) is 0 Å². The van der Waals surface area contributed by atoms with Gasteiger partial charge >= 0.3 is 6.03 Å². The first-order valence-corrected chi connectivity index (χ1v) is 5.33. The number of carbonyl (C=O) groups is 1. The summed E-state index contributed by atoms with van der Waals surface area (Å²) in [6, 6.07) is 0.598. The van der Waals surface area contributed by atoms with Crippen molar-refractivity contribution in [2.24, 2.45) is 0 Å². The molecule has 2 aliphatic heterocycles. The molecule has 14 heavy (non-hydrogen) atoms. The lowest BCUT2D eigenvalue weighted by Gasteiger charge is -2.15. The van der Waals surface area contributed by atoms with Crippen molar-refractivity contribution in [1.82, 2.24) is 21.3 Å². The molecule has 0 aromatic heterocycles. The number of nitrogens with one attached hydrogen (secondary N) is 4. The van der Waals surface area contributed by atoms with E-state index in [2.05, 4.69) is 21.3 Å². The van der Waals surface area contributed by atoms with Crippen LogP contribution in [-0.4, -0.2) is 44.3 Å². The van der Waals surface area contributed by atoms with Crippen LogP contribution < -0.4 is 21.3 Å². The van der Waals surface area contributed by atoms with Gasteiger partial charge < -0.3 is 21.3 Å². The minimum Gasteiger partial charge on any atom is -0.334 e. The number of amides is 2. The van der Waals surface area contributed by atoms with Crippen LogP contribution in [0.4, 0.5) is 4.79 Å². The van der Waals surface area contributed by atoms with E-state index in [1.807, 2.05) is 0 Å². The standard InChI is InChI=1S/C9H18N4O/c14-9(12-7-1-3-10-5-7)13-8-2-4-11-6-8/h7-8,10-11H,1-6H2,(H2,12,13,14)/t7-,8?/m1/s1. The van der Waals surface area contributed by atoms with E-state index < -0.39 is 0 Å². The lowest BCUT2D eigenvalue weighted by atomic mass is 10.2. The predicted octanol–water partition coefficient (Wildman–Crippen LogP) is -0.991. The summed E-state index contributed by atoms with van der Waals surface area (Å²) in [5.74, 6) is 0. The SMILES string of the molecule is O=C(NC1CCNC1)N[C@@H]1CCNC1. The summed E-state index contributed by atoms with van der Waals surface area (Å²) in [5, 5.41) is 12.4. The maximum Gasteiger partial charge on any atom is 0.315 e. The molecule has 5 nitrogen and oxygen atoms in total. The molecule has 0 spiro atoms. The maximum absolute atomic E-state index is 11.5. The van der Waals surface area contributed by atoms with E-state index in [-0.39, 0.29) is 6.03 Å². The largest absolute Gasteiger partial charge is 0.334 e. The fourth-order valence-electron chi connectivity index (χ4n) is 1.97. The molecule has 2 aliphatic rings. The average Bonchev–Trinajstić information content (AvgIpc) is 2.76. The zero-order valence-corrected chi connectivity index (χ0v) is 8.31. The van der Waals surface area contributed by atoms with Crippen LogP contribution in [0.15, 0.2) is 0 Å². The van der Waals surface area contributed by atoms with Crippen molar-refractivity contribution < 1.29 is 4.79 Å². The summed E-state index contributed by atoms with van der Waals surface area (Å²) in [4.78, 5) is 11.5. The van der Waals surface area contributed by atoms with Crippen LogP contribution in [0.25, 0.3) is 0 Å². The molecule has 0 aliphatic carbocycles. The molecule has 0 aromatic rings. The van der Waals surface area contributed by atoms with Crippen molar-refractivity contribution in [1.29, 1.82) is 0 Å². The fourth-order valence-corrected chi connectivity index (χ4v) is 1.97. The van der Waals surface area contributed by atoms with E-state index in [0.717, 1.165) is 39.0 Å². The van der Waals surface area contributed by atoms with Gasteiger partial charge in [0.2, 0.25) is 0 Å². The molecule has 5 heteroatoms. The van der Waals surface area contributed by atoms with Gasteiger partial charge in [-0.25, -0.2) is 4.79 Å². The van der Waals surface area contributed by atoms with Crippen molar-refractivity contribution in [3.8, 4) is 0 Å². The van der Waals surface area contributed by atoms with Crippen LogP contribution in [0, 0.1) is 0 Å². The van der Waals surface area contributed by atoms with E-state index in [1.165, 1.54) is 0 Å². The Bertz CT molecular complexity index is 177. The summed E-state index contributed by atoms with van der Waals surface area (Å²) in [6.45, 7) is 3.82. The number of hydrogen-bond donors (Lipinski definition) is 4. The zero-order chi connectivity index (χ0) is 9.80. The van der Waals surface area contributed by atoms with Crippen LogP contribution in [0.1, 0.15) is 12.8 Å². The summed E-state index contributed by atoms with van der Waals surface area (Å²) in [5.41, 5.74) is 0. The van der Waals surface area contributed by atoms with Gasteiger partial charge in [-0.1, -0.05) is 0 Å². The van der Waals surface area contributed by atoms with Gasteiger partial charge in [-0.2, -0.15) is 0 Å². The zero-order valence-electron chi connectivity index (χ0n) is 8.31. The molecule has 0 bridgehead atoms. The van der Waals surface area contributed by atoms with Crippen LogP contribution in [-0.2, 0) is 0 Å². The third kappa shape index (κ3) is 2.59. The van der Waals surface area contributed by atoms with Crippen molar-refractivity contribution in [3.05, 3.63) is 0 Å². The highest BCUT2D eigenvalue weighted by molar-refractivity contribution is 5.74. The van der Waals surface area contributed by atoms with E-state index in [9.17, 15) is 4.79 Å². The Morgan fingerprint density at radius 1 is 1.00 bits per heavy atom. The molecule has 2 saturated heterocycles. The van der Waals surface area contributed by atoms with E-state index in [4.69, 9.17) is 0 Å². The molecule has 2 rings (SSSR count). The van der Waals surface area contributed by atoms with Crippen molar-refractivity contribution in [2.75, 3.05) is 26.2 Å². The van der Waals surface area contributed by atoms with Gasteiger partial charge in [-0.05, 0) is 25.9 Å². The second-order valence-corrected chi connectivity index (χ2v) is 4.00. The highest BCUT2D eigenvalue weighted by atomic mass is 16.2. The Morgan fingerprint density at radius 3 is 1.86 bits per heavy atom. The molecule has 2 amide bonds. The molecule has 2 heterocycles. The smallest absolute Gasteiger partial charge is 0.315 e. The van der Waals surface area contributed by atoms with Gasteiger partial charge in [-0.3, -0.25) is 0 Å². The van der Waals surface area contributed by atoms with E-state index in [0.29, 0.717) is 12.1 Å². The van der Waals surface area contributed by atoms with Gasteiger partial charge in [0.05, 0.1) is 0 Å². The molecule has 80 valence electrons. The Kier molecular flexibility index (Phi) is 3.21. The van der Waals surface area contributed by atoms with Gasteiger partial charge in [0, 0.05) is 25.2 Å². The first-order valence-electron chi connectivity index (χ1n) is 5.33. The average molecular weight is 198 g/mol. The lowest BCUT2D eigenvalue weighted by Crippen LogP contribution is -2.47. The highest BCUT2D eigenvalue weighted by Crippen LogP contribution is 1.99. The Balaban J connectivity index is 1.66. The van der Waals surface area contributed by atoms with Crippen LogP contribution in [0.3, 0.4) is 0 Å². The molecular weight excluding hydrogens is 180 g/mol. The van der Waals surface area contributed by atoms with Gasteiger partial charge in [0.1, 0.15) is 0 Å². The monoisotopic (exact) mass is 198 g/mol. The second-order valence-electron chi connectivity index (χ2n) is 4.00. The minimum absolute atomic E-state index is 0.0209. The Morgan fingerprint density at radius 2 is 1.50 bits per heavy atom.